The van der Waals surface area contributed by atoms with E-state index >= 15 is 0 Å². The first-order valence-electron chi connectivity index (χ1n) is 11.9. The van der Waals surface area contributed by atoms with Crippen molar-refractivity contribution in [3.63, 3.8) is 0 Å². The fraction of sp³-hybridized carbons (Fsp3) is 0.133. The third kappa shape index (κ3) is 4.72. The Hall–Kier alpha value is -4.03. The lowest BCUT2D eigenvalue weighted by atomic mass is 10.0. The molecule has 2 heterocycles. The predicted octanol–water partition coefficient (Wildman–Crippen LogP) is 7.30. The third-order valence-electron chi connectivity index (χ3n) is 5.95. The highest BCUT2D eigenvalue weighted by molar-refractivity contribution is 8.18. The lowest BCUT2D eigenvalue weighted by molar-refractivity contribution is -0.121. The van der Waals surface area contributed by atoms with E-state index < -0.39 is 0 Å². The van der Waals surface area contributed by atoms with Crippen molar-refractivity contribution in [2.45, 2.75) is 13.8 Å². The standard InChI is InChI=1S/C30H27N3O2S/c1-4-19-33-29(34)28(27-18-12-22-20-21(3)11-17-26(22)32(27)5-2)36-30(33)31-23-13-15-25(16-14-23)35-24-9-7-6-8-10-24/h4,6-18,20H,1,5,19H2,2-3H3/b28-27+,31-30?. The first kappa shape index (κ1) is 23.7. The summed E-state index contributed by atoms with van der Waals surface area (Å²) in [4.78, 5) is 22.9. The van der Waals surface area contributed by atoms with Gasteiger partial charge in [-0.3, -0.25) is 9.69 Å². The van der Waals surface area contributed by atoms with Crippen LogP contribution in [-0.4, -0.2) is 29.1 Å². The molecule has 36 heavy (non-hydrogen) atoms. The van der Waals surface area contributed by atoms with Gasteiger partial charge in [0.15, 0.2) is 5.17 Å². The quantitative estimate of drug-likeness (QED) is 0.267. The van der Waals surface area contributed by atoms with Gasteiger partial charge >= 0.3 is 0 Å². The van der Waals surface area contributed by atoms with Crippen LogP contribution in [0.25, 0.3) is 6.08 Å². The van der Waals surface area contributed by atoms with Crippen molar-refractivity contribution in [1.29, 1.82) is 0 Å². The second-order valence-electron chi connectivity index (χ2n) is 8.46. The maximum absolute atomic E-state index is 13.5. The van der Waals surface area contributed by atoms with Crippen LogP contribution in [0.4, 0.5) is 11.4 Å². The van der Waals surface area contributed by atoms with Gasteiger partial charge in [-0.15, -0.1) is 6.58 Å². The molecule has 0 aliphatic carbocycles. The molecule has 3 aromatic carbocycles. The van der Waals surface area contributed by atoms with E-state index in [2.05, 4.69) is 49.6 Å². The highest BCUT2D eigenvalue weighted by Crippen LogP contribution is 2.40. The summed E-state index contributed by atoms with van der Waals surface area (Å²) < 4.78 is 5.88. The fourth-order valence-electron chi connectivity index (χ4n) is 4.24. The topological polar surface area (TPSA) is 45.1 Å². The molecule has 1 fully saturated rings. The molecule has 5 nitrogen and oxygen atoms in total. The van der Waals surface area contributed by atoms with Gasteiger partial charge in [-0.2, -0.15) is 0 Å². The Bertz CT molecular complexity index is 1390. The number of anilines is 1. The van der Waals surface area contributed by atoms with E-state index in [1.165, 1.54) is 17.3 Å². The maximum Gasteiger partial charge on any atom is 0.269 e. The number of fused-ring (bicyclic) bond motifs is 1. The molecular formula is C30H27N3O2S. The average Bonchev–Trinajstić information content (AvgIpc) is 3.19. The summed E-state index contributed by atoms with van der Waals surface area (Å²) in [5.74, 6) is 1.45. The molecule has 0 N–H and O–H groups in total. The normalized spacial score (nSPS) is 18.1. The number of aryl methyl sites for hydroxylation is 1. The highest BCUT2D eigenvalue weighted by atomic mass is 32.2. The molecule has 2 aliphatic heterocycles. The van der Waals surface area contributed by atoms with E-state index in [1.54, 1.807) is 11.0 Å². The first-order valence-corrected chi connectivity index (χ1v) is 12.7. The van der Waals surface area contributed by atoms with Crippen LogP contribution in [0.2, 0.25) is 0 Å². The van der Waals surface area contributed by atoms with Crippen LogP contribution < -0.4 is 9.64 Å². The van der Waals surface area contributed by atoms with Gasteiger partial charge in [0.05, 0.1) is 11.4 Å². The number of benzene rings is 3. The largest absolute Gasteiger partial charge is 0.457 e. The summed E-state index contributed by atoms with van der Waals surface area (Å²) in [5.41, 5.74) is 5.12. The molecule has 0 aromatic heterocycles. The van der Waals surface area contributed by atoms with E-state index in [1.807, 2.05) is 60.7 Å². The number of amidine groups is 1. The molecular weight excluding hydrogens is 466 g/mol. The molecule has 0 unspecified atom stereocenters. The van der Waals surface area contributed by atoms with Crippen LogP contribution >= 0.6 is 11.8 Å². The summed E-state index contributed by atoms with van der Waals surface area (Å²) in [6, 6.07) is 23.6. The van der Waals surface area contributed by atoms with E-state index in [9.17, 15) is 4.79 Å². The number of hydrogen-bond donors (Lipinski definition) is 0. The number of rotatable bonds is 6. The Morgan fingerprint density at radius 2 is 1.72 bits per heavy atom. The van der Waals surface area contributed by atoms with Gasteiger partial charge in [0, 0.05) is 18.8 Å². The van der Waals surface area contributed by atoms with Crippen molar-refractivity contribution < 1.29 is 9.53 Å². The molecule has 0 radical (unpaired) electrons. The number of aliphatic imine (C=N–C) groups is 1. The van der Waals surface area contributed by atoms with Crippen molar-refractivity contribution >= 4 is 40.3 Å². The Balaban J connectivity index is 1.45. The van der Waals surface area contributed by atoms with Crippen LogP contribution in [0, 0.1) is 6.92 Å². The Labute approximate surface area is 216 Å². The van der Waals surface area contributed by atoms with Gasteiger partial charge in [0.1, 0.15) is 16.4 Å². The van der Waals surface area contributed by atoms with Crippen LogP contribution in [0.5, 0.6) is 11.5 Å². The average molecular weight is 494 g/mol. The number of carbonyl (C=O) groups is 1. The number of thioether (sulfide) groups is 1. The Kier molecular flexibility index (Phi) is 6.78. The zero-order valence-corrected chi connectivity index (χ0v) is 21.2. The molecule has 5 rings (SSSR count). The molecule has 6 heteroatoms. The van der Waals surface area contributed by atoms with Crippen molar-refractivity contribution in [2.24, 2.45) is 4.99 Å². The predicted molar refractivity (Wildman–Crippen MR) is 150 cm³/mol. The molecule has 0 atom stereocenters. The van der Waals surface area contributed by atoms with Crippen molar-refractivity contribution in [2.75, 3.05) is 18.0 Å². The summed E-state index contributed by atoms with van der Waals surface area (Å²) in [7, 11) is 0. The molecule has 0 bridgehead atoms. The smallest absolute Gasteiger partial charge is 0.269 e. The summed E-state index contributed by atoms with van der Waals surface area (Å²) in [6.45, 7) is 9.18. The van der Waals surface area contributed by atoms with Crippen LogP contribution in [0.15, 0.2) is 107 Å². The van der Waals surface area contributed by atoms with Crippen LogP contribution in [-0.2, 0) is 4.79 Å². The number of para-hydroxylation sites is 1. The minimum absolute atomic E-state index is 0.0589. The number of carbonyl (C=O) groups excluding carboxylic acids is 1. The van der Waals surface area contributed by atoms with E-state index in [0.717, 1.165) is 40.7 Å². The number of likely N-dealkylation sites (N-methyl/N-ethyl adjacent to an activating group) is 1. The summed E-state index contributed by atoms with van der Waals surface area (Å²) >= 11 is 1.41. The van der Waals surface area contributed by atoms with Crippen LogP contribution in [0.3, 0.4) is 0 Å². The second kappa shape index (κ2) is 10.3. The number of allylic oxidation sites excluding steroid dienone is 1. The van der Waals surface area contributed by atoms with E-state index in [-0.39, 0.29) is 5.91 Å². The first-order chi connectivity index (χ1) is 17.6. The second-order valence-corrected chi connectivity index (χ2v) is 9.44. The Morgan fingerprint density at radius 1 is 0.972 bits per heavy atom. The Morgan fingerprint density at radius 3 is 2.44 bits per heavy atom. The zero-order chi connectivity index (χ0) is 25.1. The maximum atomic E-state index is 13.5. The number of nitrogens with zero attached hydrogens (tertiary/aromatic N) is 3. The minimum Gasteiger partial charge on any atom is -0.457 e. The molecule has 1 saturated heterocycles. The zero-order valence-electron chi connectivity index (χ0n) is 20.3. The fourth-order valence-corrected chi connectivity index (χ4v) is 5.32. The molecule has 3 aromatic rings. The molecule has 2 aliphatic rings. The van der Waals surface area contributed by atoms with Gasteiger partial charge in [0.25, 0.3) is 5.91 Å². The van der Waals surface area contributed by atoms with Crippen molar-refractivity contribution in [1.82, 2.24) is 4.90 Å². The third-order valence-corrected chi connectivity index (χ3v) is 7.03. The monoisotopic (exact) mass is 493 g/mol. The van der Waals surface area contributed by atoms with Gasteiger partial charge in [0.2, 0.25) is 0 Å². The van der Waals surface area contributed by atoms with Gasteiger partial charge in [-0.05, 0) is 85.8 Å². The number of hydrogen-bond acceptors (Lipinski definition) is 5. The SMILES string of the molecule is C=CCN1C(=O)/C(=C2/C=Cc3cc(C)ccc3N2CC)SC1=Nc1ccc(Oc2ccccc2)cc1. The van der Waals surface area contributed by atoms with Gasteiger partial charge in [-0.25, -0.2) is 4.99 Å². The van der Waals surface area contributed by atoms with Crippen molar-refractivity contribution in [3.8, 4) is 11.5 Å². The molecule has 0 saturated carbocycles. The summed E-state index contributed by atoms with van der Waals surface area (Å²) in [6.07, 6.45) is 5.85. The van der Waals surface area contributed by atoms with E-state index in [4.69, 9.17) is 9.73 Å². The number of amides is 1. The van der Waals surface area contributed by atoms with Crippen LogP contribution in [0.1, 0.15) is 18.1 Å². The minimum atomic E-state index is -0.0589. The highest BCUT2D eigenvalue weighted by Gasteiger charge is 2.36. The molecule has 1 amide bonds. The molecule has 0 spiro atoms. The lowest BCUT2D eigenvalue weighted by Crippen LogP contribution is -2.31. The van der Waals surface area contributed by atoms with Gasteiger partial charge < -0.3 is 9.64 Å². The van der Waals surface area contributed by atoms with Crippen molar-refractivity contribution in [3.05, 3.63) is 113 Å². The summed E-state index contributed by atoms with van der Waals surface area (Å²) in [5, 5.41) is 0.637. The van der Waals surface area contributed by atoms with E-state index in [0.29, 0.717) is 16.6 Å². The van der Waals surface area contributed by atoms with Gasteiger partial charge in [-0.1, -0.05) is 42.0 Å². The molecule has 180 valence electrons. The lowest BCUT2D eigenvalue weighted by Gasteiger charge is -2.30. The number of ether oxygens (including phenoxy) is 1.